The second kappa shape index (κ2) is 11.4. The summed E-state index contributed by atoms with van der Waals surface area (Å²) in [6.07, 6.45) is 9.53. The lowest BCUT2D eigenvalue weighted by molar-refractivity contribution is -0.172. The first-order chi connectivity index (χ1) is 18.6. The van der Waals surface area contributed by atoms with Gasteiger partial charge in [-0.25, -0.2) is 0 Å². The molecule has 0 aromatic carbocycles. The fourth-order valence-electron chi connectivity index (χ4n) is 9.65. The number of hydrogen-bond acceptors (Lipinski definition) is 7. The Morgan fingerprint density at radius 1 is 1.02 bits per heavy atom. The van der Waals surface area contributed by atoms with Crippen LogP contribution in [0.15, 0.2) is 11.6 Å². The van der Waals surface area contributed by atoms with Crippen LogP contribution < -0.4 is 0 Å². The van der Waals surface area contributed by atoms with E-state index in [4.69, 9.17) is 14.2 Å². The molecule has 3 saturated carbocycles. The van der Waals surface area contributed by atoms with Crippen molar-refractivity contribution in [2.45, 2.75) is 137 Å². The van der Waals surface area contributed by atoms with E-state index in [9.17, 15) is 19.5 Å². The number of ether oxygens (including phenoxy) is 3. The minimum Gasteiger partial charge on any atom is -0.462 e. The van der Waals surface area contributed by atoms with Crippen molar-refractivity contribution in [1.82, 2.24) is 0 Å². The lowest BCUT2D eigenvalue weighted by atomic mass is 9.46. The van der Waals surface area contributed by atoms with Crippen LogP contribution in [0.1, 0.15) is 113 Å². The number of fused-ring (bicyclic) bond motifs is 5. The summed E-state index contributed by atoms with van der Waals surface area (Å²) in [7, 11) is 0. The highest BCUT2D eigenvalue weighted by Gasteiger charge is 2.62. The molecule has 7 nitrogen and oxygen atoms in total. The van der Waals surface area contributed by atoms with Gasteiger partial charge in [0.05, 0.1) is 5.60 Å². The maximum Gasteiger partial charge on any atom is 0.302 e. The van der Waals surface area contributed by atoms with Crippen LogP contribution in [-0.4, -0.2) is 46.9 Å². The second-order valence-electron chi connectivity index (χ2n) is 14.5. The van der Waals surface area contributed by atoms with E-state index in [0.29, 0.717) is 49.4 Å². The van der Waals surface area contributed by atoms with E-state index in [1.165, 1.54) is 26.3 Å². The predicted octanol–water partition coefficient (Wildman–Crippen LogP) is 6.16. The molecule has 4 rings (SSSR count). The summed E-state index contributed by atoms with van der Waals surface area (Å²) in [4.78, 5) is 36.0. The highest BCUT2D eigenvalue weighted by molar-refractivity contribution is 5.67. The molecule has 0 aromatic rings. The molecule has 10 atom stereocenters. The van der Waals surface area contributed by atoms with Crippen molar-refractivity contribution in [2.24, 2.45) is 40.4 Å². The molecule has 0 aliphatic heterocycles. The summed E-state index contributed by atoms with van der Waals surface area (Å²) >= 11 is 0. The predicted molar refractivity (Wildman–Crippen MR) is 152 cm³/mol. The molecular formula is C33H52O7. The molecule has 40 heavy (non-hydrogen) atoms. The highest BCUT2D eigenvalue weighted by atomic mass is 16.6. The Hall–Kier alpha value is -1.89. The Morgan fingerprint density at radius 2 is 1.70 bits per heavy atom. The fourth-order valence-corrected chi connectivity index (χ4v) is 9.65. The van der Waals surface area contributed by atoms with Crippen LogP contribution in [0.2, 0.25) is 0 Å². The number of hydrogen-bond donors (Lipinski definition) is 1. The first-order valence-corrected chi connectivity index (χ1v) is 15.5. The van der Waals surface area contributed by atoms with E-state index >= 15 is 0 Å². The molecule has 0 bridgehead atoms. The van der Waals surface area contributed by atoms with Crippen molar-refractivity contribution in [3.05, 3.63) is 11.6 Å². The third kappa shape index (κ3) is 6.00. The minimum absolute atomic E-state index is 0.140. The molecule has 0 unspecified atom stereocenters. The van der Waals surface area contributed by atoms with Gasteiger partial charge in [-0.05, 0) is 93.8 Å². The molecular weight excluding hydrogens is 508 g/mol. The summed E-state index contributed by atoms with van der Waals surface area (Å²) in [5.74, 6) is 1.26. The summed E-state index contributed by atoms with van der Waals surface area (Å²) in [5, 5.41) is 10.4. The quantitative estimate of drug-likeness (QED) is 0.216. The van der Waals surface area contributed by atoms with Crippen molar-refractivity contribution in [1.29, 1.82) is 0 Å². The zero-order valence-electron chi connectivity index (χ0n) is 26.0. The van der Waals surface area contributed by atoms with E-state index in [1.807, 2.05) is 13.8 Å². The number of carbonyl (C=O) groups excluding carboxylic acids is 3. The molecule has 0 amide bonds. The van der Waals surface area contributed by atoms with Crippen LogP contribution in [0.5, 0.6) is 0 Å². The molecule has 0 radical (unpaired) electrons. The van der Waals surface area contributed by atoms with Crippen LogP contribution >= 0.6 is 0 Å². The van der Waals surface area contributed by atoms with E-state index in [2.05, 4.69) is 26.8 Å². The van der Waals surface area contributed by atoms with Gasteiger partial charge in [-0.2, -0.15) is 0 Å². The Labute approximate surface area is 240 Å². The number of aliphatic hydroxyl groups is 1. The molecule has 0 spiro atoms. The third-order valence-electron chi connectivity index (χ3n) is 11.4. The Bertz CT molecular complexity index is 1010. The van der Waals surface area contributed by atoms with Crippen LogP contribution in [0, 0.1) is 40.4 Å². The fraction of sp³-hybridized carbons (Fsp3) is 0.848. The van der Waals surface area contributed by atoms with Gasteiger partial charge < -0.3 is 19.3 Å². The van der Waals surface area contributed by atoms with Crippen LogP contribution in [0.4, 0.5) is 0 Å². The Morgan fingerprint density at radius 3 is 2.30 bits per heavy atom. The highest BCUT2D eigenvalue weighted by Crippen LogP contribution is 2.67. The molecule has 226 valence electrons. The molecule has 1 N–H and O–H groups in total. The van der Waals surface area contributed by atoms with Gasteiger partial charge in [-0.3, -0.25) is 14.4 Å². The standard InChI is InChI=1S/C33H52O7/c1-19(29(39-21(3)35)14-15-31(5,6)37)26-11-12-27-25-10-9-23-17-24(38-20(2)34)18-30(40-22(4)36)33(23,8)28(25)13-16-32(26,27)7/h9,19,24-30,37H,10-18H2,1-8H3/t19-,24+,25-,26+,27-,28-,29+,30-,32+,33-/m0/s1. The number of rotatable bonds is 8. The van der Waals surface area contributed by atoms with Crippen molar-refractivity contribution in [3.8, 4) is 0 Å². The zero-order valence-corrected chi connectivity index (χ0v) is 26.0. The molecule has 0 saturated heterocycles. The smallest absolute Gasteiger partial charge is 0.302 e. The van der Waals surface area contributed by atoms with E-state index in [0.717, 1.165) is 32.1 Å². The van der Waals surface area contributed by atoms with E-state index < -0.39 is 5.60 Å². The first-order valence-electron chi connectivity index (χ1n) is 15.5. The maximum absolute atomic E-state index is 12.2. The van der Waals surface area contributed by atoms with Gasteiger partial charge in [0, 0.05) is 39.0 Å². The largest absolute Gasteiger partial charge is 0.462 e. The summed E-state index contributed by atoms with van der Waals surface area (Å²) in [6.45, 7) is 15.0. The lowest BCUT2D eigenvalue weighted by Gasteiger charge is -2.60. The Balaban J connectivity index is 1.59. The maximum atomic E-state index is 12.2. The number of allylic oxidation sites excluding steroid dienone is 1. The van der Waals surface area contributed by atoms with E-state index in [1.54, 1.807) is 0 Å². The molecule has 0 aromatic heterocycles. The minimum atomic E-state index is -0.799. The topological polar surface area (TPSA) is 99.1 Å². The van der Waals surface area contributed by atoms with Crippen molar-refractivity contribution >= 4 is 17.9 Å². The first kappa shape index (κ1) is 31.1. The van der Waals surface area contributed by atoms with Gasteiger partial charge in [0.1, 0.15) is 18.3 Å². The van der Waals surface area contributed by atoms with Crippen LogP contribution in [0.3, 0.4) is 0 Å². The number of carbonyl (C=O) groups is 3. The molecule has 0 heterocycles. The molecule has 4 aliphatic rings. The van der Waals surface area contributed by atoms with Gasteiger partial charge in [-0.15, -0.1) is 0 Å². The third-order valence-corrected chi connectivity index (χ3v) is 11.4. The Kier molecular flexibility index (Phi) is 8.86. The summed E-state index contributed by atoms with van der Waals surface area (Å²) in [5.41, 5.74) is 0.364. The van der Waals surface area contributed by atoms with E-state index in [-0.39, 0.29) is 53.0 Å². The lowest BCUT2D eigenvalue weighted by Crippen LogP contribution is -2.57. The summed E-state index contributed by atoms with van der Waals surface area (Å²) in [6, 6.07) is 0. The normalized spacial score (nSPS) is 38.6. The van der Waals surface area contributed by atoms with Gasteiger partial charge >= 0.3 is 17.9 Å². The average Bonchev–Trinajstić information content (AvgIpc) is 3.18. The average molecular weight is 561 g/mol. The SMILES string of the molecule is CC(=O)O[C@@H]1CC2=CC[C@H]3[C@@H]4CC[C@H]([C@H](C)[C@@H](CCC(C)(C)O)OC(C)=O)[C@@]4(C)CC[C@@H]3[C@@]2(C)[C@@H](OC(C)=O)C1. The van der Waals surface area contributed by atoms with Gasteiger partial charge in [-0.1, -0.05) is 32.4 Å². The number of esters is 3. The molecule has 7 heteroatoms. The summed E-state index contributed by atoms with van der Waals surface area (Å²) < 4.78 is 17.5. The molecule has 3 fully saturated rings. The van der Waals surface area contributed by atoms with Crippen molar-refractivity contribution < 1.29 is 33.7 Å². The monoisotopic (exact) mass is 560 g/mol. The zero-order chi connectivity index (χ0) is 29.6. The van der Waals surface area contributed by atoms with Gasteiger partial charge in [0.25, 0.3) is 0 Å². The van der Waals surface area contributed by atoms with Gasteiger partial charge in [0.2, 0.25) is 0 Å². The molecule has 4 aliphatic carbocycles. The van der Waals surface area contributed by atoms with Crippen LogP contribution in [-0.2, 0) is 28.6 Å². The van der Waals surface area contributed by atoms with Crippen molar-refractivity contribution in [2.75, 3.05) is 0 Å². The van der Waals surface area contributed by atoms with Gasteiger partial charge in [0.15, 0.2) is 0 Å². The van der Waals surface area contributed by atoms with Crippen molar-refractivity contribution in [3.63, 3.8) is 0 Å². The van der Waals surface area contributed by atoms with Crippen LogP contribution in [0.25, 0.3) is 0 Å². The second-order valence-corrected chi connectivity index (χ2v) is 14.5.